The molecule has 1 saturated heterocycles. The zero-order valence-electron chi connectivity index (χ0n) is 17.7. The first-order valence-electron chi connectivity index (χ1n) is 10.4. The van der Waals surface area contributed by atoms with Gasteiger partial charge in [-0.15, -0.1) is 0 Å². The molecule has 0 spiro atoms. The molecule has 1 fully saturated rings. The van der Waals surface area contributed by atoms with E-state index in [1.807, 2.05) is 42.5 Å². The van der Waals surface area contributed by atoms with Crippen LogP contribution in [-0.2, 0) is 11.3 Å². The summed E-state index contributed by atoms with van der Waals surface area (Å²) < 4.78 is 10.7. The van der Waals surface area contributed by atoms with Crippen LogP contribution in [0.25, 0.3) is 0 Å². The molecule has 0 aliphatic carbocycles. The second-order valence-electron chi connectivity index (χ2n) is 8.02. The van der Waals surface area contributed by atoms with Gasteiger partial charge in [0, 0.05) is 25.2 Å². The normalized spacial score (nSPS) is 15.9. The number of carbonyl (C=O) groups is 1. The fourth-order valence-corrected chi connectivity index (χ4v) is 3.66. The van der Waals surface area contributed by atoms with Gasteiger partial charge in [-0.25, -0.2) is 0 Å². The molecule has 1 heterocycles. The van der Waals surface area contributed by atoms with Crippen molar-refractivity contribution >= 4 is 5.91 Å². The minimum absolute atomic E-state index is 0.0312. The van der Waals surface area contributed by atoms with E-state index < -0.39 is 0 Å². The Kier molecular flexibility index (Phi) is 7.67. The van der Waals surface area contributed by atoms with Crippen molar-refractivity contribution in [3.05, 3.63) is 65.2 Å². The van der Waals surface area contributed by atoms with Gasteiger partial charge in [0.2, 0.25) is 0 Å². The molecule has 0 unspecified atom stereocenters. The Bertz CT molecular complexity index is 783. The Hall–Kier alpha value is -2.37. The second-order valence-corrected chi connectivity index (χ2v) is 8.02. The van der Waals surface area contributed by atoms with Crippen LogP contribution in [0.3, 0.4) is 0 Å². The molecule has 1 amide bonds. The first-order chi connectivity index (χ1) is 14.0. The van der Waals surface area contributed by atoms with Crippen molar-refractivity contribution in [2.45, 2.75) is 32.9 Å². The number of benzene rings is 2. The van der Waals surface area contributed by atoms with Gasteiger partial charge in [-0.1, -0.05) is 38.1 Å². The van der Waals surface area contributed by atoms with Crippen LogP contribution in [0.5, 0.6) is 5.75 Å². The summed E-state index contributed by atoms with van der Waals surface area (Å²) in [5.74, 6) is 1.25. The van der Waals surface area contributed by atoms with Crippen molar-refractivity contribution in [3.63, 3.8) is 0 Å². The van der Waals surface area contributed by atoms with Crippen molar-refractivity contribution in [2.75, 3.05) is 33.4 Å². The van der Waals surface area contributed by atoms with Crippen LogP contribution < -0.4 is 10.1 Å². The average molecular weight is 397 g/mol. The largest absolute Gasteiger partial charge is 0.497 e. The van der Waals surface area contributed by atoms with Crippen molar-refractivity contribution < 1.29 is 14.3 Å². The molecule has 0 saturated carbocycles. The number of amides is 1. The number of hydrogen-bond donors (Lipinski definition) is 1. The Morgan fingerprint density at radius 2 is 1.86 bits per heavy atom. The number of morpholine rings is 1. The molecular weight excluding hydrogens is 364 g/mol. The Labute approximate surface area is 174 Å². The quantitative estimate of drug-likeness (QED) is 0.732. The zero-order valence-corrected chi connectivity index (χ0v) is 17.7. The topological polar surface area (TPSA) is 50.8 Å². The molecule has 0 radical (unpaired) electrons. The Morgan fingerprint density at radius 3 is 2.52 bits per heavy atom. The third-order valence-corrected chi connectivity index (χ3v) is 5.23. The van der Waals surface area contributed by atoms with Gasteiger partial charge in [-0.2, -0.15) is 0 Å². The van der Waals surface area contributed by atoms with E-state index in [0.717, 1.165) is 56.1 Å². The lowest BCUT2D eigenvalue weighted by molar-refractivity contribution is 0.0342. The molecule has 0 aromatic heterocycles. The summed E-state index contributed by atoms with van der Waals surface area (Å²) in [4.78, 5) is 15.4. The number of rotatable bonds is 8. The van der Waals surface area contributed by atoms with Crippen molar-refractivity contribution in [3.8, 4) is 5.75 Å². The number of nitrogens with zero attached hydrogens (tertiary/aromatic N) is 1. The number of carbonyl (C=O) groups excluding carboxylic acids is 1. The van der Waals surface area contributed by atoms with E-state index in [-0.39, 0.29) is 11.9 Å². The third kappa shape index (κ3) is 6.31. The molecule has 2 aromatic rings. The molecule has 5 heteroatoms. The standard InChI is InChI=1S/C24H32N2O3/c1-18(2)15-23(20-7-9-22(28-3)10-8-20)25-24(27)21-6-4-5-19(16-21)17-26-11-13-29-14-12-26/h4-10,16,18,23H,11-15,17H2,1-3H3,(H,25,27)/t23-/m0/s1. The molecule has 1 N–H and O–H groups in total. The highest BCUT2D eigenvalue weighted by atomic mass is 16.5. The van der Waals surface area contributed by atoms with E-state index >= 15 is 0 Å². The van der Waals surface area contributed by atoms with Crippen molar-refractivity contribution in [1.82, 2.24) is 10.2 Å². The van der Waals surface area contributed by atoms with Crippen molar-refractivity contribution in [1.29, 1.82) is 0 Å². The smallest absolute Gasteiger partial charge is 0.251 e. The predicted octanol–water partition coefficient (Wildman–Crippen LogP) is 4.04. The van der Waals surface area contributed by atoms with E-state index in [0.29, 0.717) is 11.5 Å². The molecule has 1 atom stereocenters. The summed E-state index contributed by atoms with van der Waals surface area (Å²) in [6, 6.07) is 15.9. The molecule has 1 aliphatic heterocycles. The third-order valence-electron chi connectivity index (χ3n) is 5.23. The van der Waals surface area contributed by atoms with E-state index in [2.05, 4.69) is 30.1 Å². The average Bonchev–Trinajstić information content (AvgIpc) is 2.74. The SMILES string of the molecule is COc1ccc([C@H](CC(C)C)NC(=O)c2cccc(CN3CCOCC3)c2)cc1. The van der Waals surface area contributed by atoms with Gasteiger partial charge in [0.25, 0.3) is 5.91 Å². The highest BCUT2D eigenvalue weighted by molar-refractivity contribution is 5.94. The monoisotopic (exact) mass is 396 g/mol. The minimum atomic E-state index is -0.0321. The van der Waals surface area contributed by atoms with Gasteiger partial charge < -0.3 is 14.8 Å². The van der Waals surface area contributed by atoms with Gasteiger partial charge in [-0.3, -0.25) is 9.69 Å². The van der Waals surface area contributed by atoms with Crippen LogP contribution in [-0.4, -0.2) is 44.2 Å². The molecule has 156 valence electrons. The van der Waals surface area contributed by atoms with E-state index in [1.54, 1.807) is 7.11 Å². The van der Waals surface area contributed by atoms with E-state index in [4.69, 9.17) is 9.47 Å². The molecule has 1 aliphatic rings. The fraction of sp³-hybridized carbons (Fsp3) is 0.458. The lowest BCUT2D eigenvalue weighted by atomic mass is 9.96. The van der Waals surface area contributed by atoms with Gasteiger partial charge >= 0.3 is 0 Å². The zero-order chi connectivity index (χ0) is 20.6. The van der Waals surface area contributed by atoms with Crippen LogP contribution in [0.4, 0.5) is 0 Å². The maximum Gasteiger partial charge on any atom is 0.251 e. The maximum atomic E-state index is 13.0. The van der Waals surface area contributed by atoms with Gasteiger partial charge in [0.15, 0.2) is 0 Å². The summed E-state index contributed by atoms with van der Waals surface area (Å²) in [7, 11) is 1.66. The molecule has 3 rings (SSSR count). The molecule has 2 aromatic carbocycles. The highest BCUT2D eigenvalue weighted by Crippen LogP contribution is 2.24. The number of ether oxygens (including phenoxy) is 2. The summed E-state index contributed by atoms with van der Waals surface area (Å²) in [6.45, 7) is 8.61. The Balaban J connectivity index is 1.70. The number of nitrogens with one attached hydrogen (secondary N) is 1. The van der Waals surface area contributed by atoms with Crippen LogP contribution >= 0.6 is 0 Å². The Morgan fingerprint density at radius 1 is 1.14 bits per heavy atom. The lowest BCUT2D eigenvalue weighted by Crippen LogP contribution is -2.35. The molecular formula is C24H32N2O3. The van der Waals surface area contributed by atoms with Gasteiger partial charge in [0.05, 0.1) is 26.4 Å². The number of methoxy groups -OCH3 is 1. The predicted molar refractivity (Wildman–Crippen MR) is 115 cm³/mol. The first kappa shape index (κ1) is 21.3. The molecule has 0 bridgehead atoms. The lowest BCUT2D eigenvalue weighted by Gasteiger charge is -2.26. The fourth-order valence-electron chi connectivity index (χ4n) is 3.66. The van der Waals surface area contributed by atoms with Crippen LogP contribution in [0.2, 0.25) is 0 Å². The number of hydrogen-bond acceptors (Lipinski definition) is 4. The first-order valence-corrected chi connectivity index (χ1v) is 10.4. The van der Waals surface area contributed by atoms with Crippen LogP contribution in [0, 0.1) is 5.92 Å². The maximum absolute atomic E-state index is 13.0. The summed E-state index contributed by atoms with van der Waals surface area (Å²) in [6.07, 6.45) is 0.880. The molecule has 29 heavy (non-hydrogen) atoms. The minimum Gasteiger partial charge on any atom is -0.497 e. The summed E-state index contributed by atoms with van der Waals surface area (Å²) >= 11 is 0. The summed E-state index contributed by atoms with van der Waals surface area (Å²) in [5, 5.41) is 3.24. The van der Waals surface area contributed by atoms with E-state index in [1.165, 1.54) is 0 Å². The summed E-state index contributed by atoms with van der Waals surface area (Å²) in [5.41, 5.74) is 2.96. The van der Waals surface area contributed by atoms with Crippen LogP contribution in [0.15, 0.2) is 48.5 Å². The molecule has 5 nitrogen and oxygen atoms in total. The highest BCUT2D eigenvalue weighted by Gasteiger charge is 2.18. The second kappa shape index (κ2) is 10.4. The van der Waals surface area contributed by atoms with Gasteiger partial charge in [-0.05, 0) is 47.7 Å². The van der Waals surface area contributed by atoms with E-state index in [9.17, 15) is 4.79 Å². The van der Waals surface area contributed by atoms with Gasteiger partial charge in [0.1, 0.15) is 5.75 Å². The van der Waals surface area contributed by atoms with Crippen molar-refractivity contribution in [2.24, 2.45) is 5.92 Å². The van der Waals surface area contributed by atoms with Crippen LogP contribution in [0.1, 0.15) is 47.8 Å².